The van der Waals surface area contributed by atoms with Crippen LogP contribution in [-0.2, 0) is 26.2 Å². The van der Waals surface area contributed by atoms with Crippen LogP contribution >= 0.6 is 22.9 Å². The molecule has 1 saturated carbocycles. The van der Waals surface area contributed by atoms with E-state index in [0.717, 1.165) is 36.4 Å². The number of hydrogen-bond donors (Lipinski definition) is 1. The Morgan fingerprint density at radius 1 is 0.914 bits per heavy atom. The molecule has 6 aromatic rings. The van der Waals surface area contributed by atoms with Gasteiger partial charge in [0.25, 0.3) is 5.69 Å². The molecule has 1 N–H and O–H groups in total. The molecule has 4 amide bonds. The summed E-state index contributed by atoms with van der Waals surface area (Å²) in [6.07, 6.45) is 2.24. The molecule has 10 rings (SSSR count). The van der Waals surface area contributed by atoms with E-state index in [1.54, 1.807) is 43.5 Å². The standard InChI is InChI=1S/C44H34ClN5O7S/c1-21-30-18-23(45)9-17-34(30)58-39(21)33-20-35(47(3)46-33)49-41(53)32-19-31-27(37(44(32,2)43(49)55)29-14-8-22-6-4-5-7-26(22)38(29)51)15-16-28-36(31)42(54)48(40(28)52)24-10-12-25(13-11-24)50(56)57/h4-15,17-18,20,28,31-32,36-37,51H,16,19H2,1-3H3/t28-,31+,32-,36-,37+,44+/m0/s1. The average molecular weight is 812 g/mol. The lowest BCUT2D eigenvalue weighted by molar-refractivity contribution is -0.384. The van der Waals surface area contributed by atoms with Gasteiger partial charge in [-0.3, -0.25) is 38.9 Å². The van der Waals surface area contributed by atoms with E-state index in [1.165, 1.54) is 33.8 Å². The first kappa shape index (κ1) is 36.2. The zero-order chi connectivity index (χ0) is 40.5. The van der Waals surface area contributed by atoms with Crippen molar-refractivity contribution in [2.75, 3.05) is 9.80 Å². The van der Waals surface area contributed by atoms with Crippen molar-refractivity contribution in [2.24, 2.45) is 36.1 Å². The van der Waals surface area contributed by atoms with Gasteiger partial charge >= 0.3 is 0 Å². The SMILES string of the molecule is Cc1c(-c2cc(N3C(=O)[C@@H]4C[C@@H]5C(=CC[C@@H]6C(=O)N(c7ccc([N+](=O)[O-])cc7)C(=O)[C@@H]65)[C@H](c5ccc6ccccc6c5O)[C@]4(C)C3=O)n(C)n2)sc2ccc(Cl)cc12. The highest BCUT2D eigenvalue weighted by molar-refractivity contribution is 7.22. The molecular formula is C44H34ClN5O7S. The molecule has 12 nitrogen and oxygen atoms in total. The van der Waals surface area contributed by atoms with Gasteiger partial charge in [0.15, 0.2) is 0 Å². The number of anilines is 2. The number of carbonyl (C=O) groups excluding carboxylic acids is 4. The summed E-state index contributed by atoms with van der Waals surface area (Å²) >= 11 is 7.87. The van der Waals surface area contributed by atoms with Gasteiger partial charge in [0.2, 0.25) is 23.6 Å². The molecule has 0 bridgehead atoms. The summed E-state index contributed by atoms with van der Waals surface area (Å²) < 4.78 is 2.56. The zero-order valence-electron chi connectivity index (χ0n) is 31.4. The Morgan fingerprint density at radius 3 is 2.43 bits per heavy atom. The van der Waals surface area contributed by atoms with Gasteiger partial charge in [-0.2, -0.15) is 5.10 Å². The van der Waals surface area contributed by atoms with E-state index in [9.17, 15) is 24.8 Å². The van der Waals surface area contributed by atoms with Crippen molar-refractivity contribution in [2.45, 2.75) is 32.6 Å². The number of amides is 4. The van der Waals surface area contributed by atoms with E-state index in [0.29, 0.717) is 27.5 Å². The molecule has 2 saturated heterocycles. The highest BCUT2D eigenvalue weighted by Crippen LogP contribution is 2.65. The highest BCUT2D eigenvalue weighted by atomic mass is 35.5. The molecule has 290 valence electrons. The van der Waals surface area contributed by atoms with E-state index < -0.39 is 63.6 Å². The van der Waals surface area contributed by atoms with Gasteiger partial charge in [-0.25, -0.2) is 4.90 Å². The van der Waals surface area contributed by atoms with Crippen molar-refractivity contribution in [1.82, 2.24) is 9.78 Å². The molecular weight excluding hydrogens is 778 g/mol. The monoisotopic (exact) mass is 811 g/mol. The van der Waals surface area contributed by atoms with Crippen LogP contribution in [0.1, 0.15) is 36.8 Å². The number of phenols is 1. The van der Waals surface area contributed by atoms with Gasteiger partial charge in [0.05, 0.1) is 38.7 Å². The highest BCUT2D eigenvalue weighted by Gasteiger charge is 2.68. The smallest absolute Gasteiger partial charge is 0.269 e. The summed E-state index contributed by atoms with van der Waals surface area (Å²) in [5.74, 6) is -5.49. The fourth-order valence-corrected chi connectivity index (χ4v) is 11.6. The molecule has 2 aliphatic heterocycles. The predicted octanol–water partition coefficient (Wildman–Crippen LogP) is 8.47. The van der Waals surface area contributed by atoms with E-state index in [2.05, 4.69) is 0 Å². The maximum atomic E-state index is 15.3. The molecule has 3 fully saturated rings. The number of carbonyl (C=O) groups is 4. The van der Waals surface area contributed by atoms with Gasteiger partial charge < -0.3 is 5.11 Å². The number of aromatic hydroxyl groups is 1. The summed E-state index contributed by atoms with van der Waals surface area (Å²) in [4.78, 5) is 72.9. The first-order valence-corrected chi connectivity index (χ1v) is 20.1. The van der Waals surface area contributed by atoms with Crippen molar-refractivity contribution >= 4 is 84.6 Å². The van der Waals surface area contributed by atoms with Crippen LogP contribution in [0.15, 0.2) is 96.6 Å². The van der Waals surface area contributed by atoms with Crippen molar-refractivity contribution in [3.05, 3.63) is 123 Å². The van der Waals surface area contributed by atoms with E-state index in [4.69, 9.17) is 16.7 Å². The minimum absolute atomic E-state index is 0.0186. The summed E-state index contributed by atoms with van der Waals surface area (Å²) in [6, 6.07) is 23.8. The predicted molar refractivity (Wildman–Crippen MR) is 220 cm³/mol. The number of aromatic nitrogens is 2. The second kappa shape index (κ2) is 12.7. The molecule has 2 aliphatic carbocycles. The van der Waals surface area contributed by atoms with Gasteiger partial charge in [-0.15, -0.1) is 11.3 Å². The zero-order valence-corrected chi connectivity index (χ0v) is 33.0. The third-order valence-electron chi connectivity index (χ3n) is 13.1. The number of halogens is 1. The fraction of sp³-hybridized carbons (Fsp3) is 0.250. The first-order valence-electron chi connectivity index (χ1n) is 18.9. The number of nitro benzene ring substituents is 1. The largest absolute Gasteiger partial charge is 0.507 e. The lowest BCUT2D eigenvalue weighted by Crippen LogP contribution is -2.49. The molecule has 4 aliphatic rings. The number of rotatable bonds is 5. The lowest BCUT2D eigenvalue weighted by atomic mass is 9.51. The summed E-state index contributed by atoms with van der Waals surface area (Å²) in [6.45, 7) is 3.77. The summed E-state index contributed by atoms with van der Waals surface area (Å²) in [5.41, 5.74) is 1.41. The van der Waals surface area contributed by atoms with Crippen molar-refractivity contribution in [3.63, 3.8) is 0 Å². The Kier molecular flexibility index (Phi) is 7.90. The second-order valence-electron chi connectivity index (χ2n) is 15.9. The van der Waals surface area contributed by atoms with Crippen LogP contribution in [0.5, 0.6) is 5.75 Å². The number of allylic oxidation sites excluding steroid dienone is 2. The Hall–Kier alpha value is -6.18. The maximum Gasteiger partial charge on any atom is 0.269 e. The van der Waals surface area contributed by atoms with Gasteiger partial charge in [-0.05, 0) is 79.3 Å². The Morgan fingerprint density at radius 2 is 1.67 bits per heavy atom. The van der Waals surface area contributed by atoms with Gasteiger partial charge in [-0.1, -0.05) is 59.6 Å². The van der Waals surface area contributed by atoms with E-state index in [1.807, 2.05) is 55.5 Å². The van der Waals surface area contributed by atoms with Crippen LogP contribution in [0.3, 0.4) is 0 Å². The Bertz CT molecular complexity index is 2880. The number of phenolic OH excluding ortho intramolecular Hbond substituents is 1. The molecule has 4 heterocycles. The van der Waals surface area contributed by atoms with Crippen LogP contribution in [0.25, 0.3) is 31.4 Å². The summed E-state index contributed by atoms with van der Waals surface area (Å²) in [5, 5.41) is 31.2. The van der Waals surface area contributed by atoms with Crippen LogP contribution < -0.4 is 9.80 Å². The molecule has 4 aromatic carbocycles. The number of imide groups is 2. The number of nitrogens with zero attached hydrogens (tertiary/aromatic N) is 5. The number of hydrogen-bond acceptors (Lipinski definition) is 9. The first-order chi connectivity index (χ1) is 27.8. The summed E-state index contributed by atoms with van der Waals surface area (Å²) in [7, 11) is 1.69. The number of non-ortho nitro benzene ring substituents is 1. The topological polar surface area (TPSA) is 156 Å². The maximum absolute atomic E-state index is 15.3. The molecule has 0 radical (unpaired) electrons. The average Bonchev–Trinajstić information content (AvgIpc) is 3.88. The van der Waals surface area contributed by atoms with Crippen LogP contribution in [0.4, 0.5) is 17.2 Å². The van der Waals surface area contributed by atoms with Crippen molar-refractivity contribution < 1.29 is 29.2 Å². The van der Waals surface area contributed by atoms with Crippen LogP contribution in [-0.4, -0.2) is 43.4 Å². The van der Waals surface area contributed by atoms with E-state index >= 15 is 9.59 Å². The fourth-order valence-electron chi connectivity index (χ4n) is 10.3. The number of fused-ring (bicyclic) bond motifs is 6. The van der Waals surface area contributed by atoms with Crippen molar-refractivity contribution in [3.8, 4) is 16.3 Å². The second-order valence-corrected chi connectivity index (χ2v) is 17.4. The van der Waals surface area contributed by atoms with Gasteiger partial charge in [0, 0.05) is 51.8 Å². The Labute approximate surface area is 340 Å². The van der Waals surface area contributed by atoms with Crippen molar-refractivity contribution in [1.29, 1.82) is 0 Å². The quantitative estimate of drug-likeness (QED) is 0.0787. The van der Waals surface area contributed by atoms with Crippen LogP contribution in [0.2, 0.25) is 5.02 Å². The third-order valence-corrected chi connectivity index (χ3v) is 14.6. The Balaban J connectivity index is 1.10. The van der Waals surface area contributed by atoms with Crippen LogP contribution in [0, 0.1) is 46.1 Å². The molecule has 2 aromatic heterocycles. The number of thiophene rings is 1. The third kappa shape index (κ3) is 4.89. The van der Waals surface area contributed by atoms with Gasteiger partial charge in [0.1, 0.15) is 17.3 Å². The molecule has 14 heteroatoms. The molecule has 0 spiro atoms. The molecule has 0 unspecified atom stereocenters. The minimum atomic E-state index is -1.40. The molecule has 58 heavy (non-hydrogen) atoms. The minimum Gasteiger partial charge on any atom is -0.507 e. The molecule has 6 atom stereocenters. The number of nitro groups is 1. The lowest BCUT2D eigenvalue weighted by Gasteiger charge is -2.49. The number of aryl methyl sites for hydroxylation is 2. The number of benzene rings is 4. The normalized spacial score (nSPS) is 25.4. The van der Waals surface area contributed by atoms with E-state index in [-0.39, 0.29) is 30.0 Å².